The molecule has 8 nitrogen and oxygen atoms in total. The summed E-state index contributed by atoms with van der Waals surface area (Å²) in [6, 6.07) is 15.4. The highest BCUT2D eigenvalue weighted by atomic mass is 16.7. The molecule has 8 heteroatoms. The zero-order valence-corrected chi connectivity index (χ0v) is 19.3. The molecule has 0 aliphatic carbocycles. The van der Waals surface area contributed by atoms with Crippen molar-refractivity contribution in [2.75, 3.05) is 45.0 Å². The molecule has 3 amide bonds. The Morgan fingerprint density at radius 3 is 2.47 bits per heavy atom. The van der Waals surface area contributed by atoms with E-state index in [9.17, 15) is 9.59 Å². The molecular formula is C26H31N3O5. The molecule has 0 radical (unpaired) electrons. The average Bonchev–Trinajstić information content (AvgIpc) is 3.37. The summed E-state index contributed by atoms with van der Waals surface area (Å²) in [6.45, 7) is 3.27. The fourth-order valence-electron chi connectivity index (χ4n) is 5.03. The Labute approximate surface area is 199 Å². The van der Waals surface area contributed by atoms with Crippen molar-refractivity contribution in [3.63, 3.8) is 0 Å². The van der Waals surface area contributed by atoms with Gasteiger partial charge in [-0.3, -0.25) is 4.79 Å². The highest BCUT2D eigenvalue weighted by Crippen LogP contribution is 2.40. The Balaban J connectivity index is 1.17. The Morgan fingerprint density at radius 2 is 1.71 bits per heavy atom. The number of urea groups is 1. The van der Waals surface area contributed by atoms with Gasteiger partial charge in [0.1, 0.15) is 0 Å². The second-order valence-corrected chi connectivity index (χ2v) is 9.24. The lowest BCUT2D eigenvalue weighted by Crippen LogP contribution is -2.48. The summed E-state index contributed by atoms with van der Waals surface area (Å²) in [5, 5.41) is 6.15. The van der Waals surface area contributed by atoms with Crippen LogP contribution in [0.4, 0.5) is 10.5 Å². The van der Waals surface area contributed by atoms with Crippen molar-refractivity contribution < 1.29 is 23.8 Å². The molecule has 3 aliphatic rings. The van der Waals surface area contributed by atoms with Crippen LogP contribution in [0.2, 0.25) is 0 Å². The summed E-state index contributed by atoms with van der Waals surface area (Å²) in [7, 11) is 0. The van der Waals surface area contributed by atoms with Crippen molar-refractivity contribution in [3.8, 4) is 11.5 Å². The number of benzene rings is 2. The van der Waals surface area contributed by atoms with Gasteiger partial charge in [-0.05, 0) is 55.5 Å². The molecule has 2 aromatic carbocycles. The Morgan fingerprint density at radius 1 is 0.971 bits per heavy atom. The zero-order valence-electron chi connectivity index (χ0n) is 19.3. The predicted octanol–water partition coefficient (Wildman–Crippen LogP) is 3.52. The SMILES string of the molecule is O=C(NCC1(c2ccc3c(c2)OCO3)CCOCC1)C1CCN(C(=O)Nc2ccccc2)CC1. The van der Waals surface area contributed by atoms with Gasteiger partial charge >= 0.3 is 6.03 Å². The molecule has 5 rings (SSSR count). The van der Waals surface area contributed by atoms with E-state index in [4.69, 9.17) is 14.2 Å². The Kier molecular flexibility index (Phi) is 6.58. The zero-order chi connectivity index (χ0) is 23.4. The Bertz CT molecular complexity index is 1010. The van der Waals surface area contributed by atoms with E-state index in [-0.39, 0.29) is 30.1 Å². The quantitative estimate of drug-likeness (QED) is 0.705. The highest BCUT2D eigenvalue weighted by Gasteiger charge is 2.37. The lowest BCUT2D eigenvalue weighted by atomic mass is 9.74. The van der Waals surface area contributed by atoms with Crippen molar-refractivity contribution in [3.05, 3.63) is 54.1 Å². The predicted molar refractivity (Wildman–Crippen MR) is 127 cm³/mol. The maximum atomic E-state index is 13.1. The van der Waals surface area contributed by atoms with E-state index in [0.29, 0.717) is 45.7 Å². The van der Waals surface area contributed by atoms with Gasteiger partial charge in [-0.15, -0.1) is 0 Å². The summed E-state index contributed by atoms with van der Waals surface area (Å²) >= 11 is 0. The molecule has 2 saturated heterocycles. The standard InChI is InChI=1S/C26H31N3O5/c30-24(19-8-12-29(13-9-19)25(31)28-21-4-2-1-3-5-21)27-17-26(10-14-32-15-11-26)20-6-7-22-23(16-20)34-18-33-22/h1-7,16,19H,8-15,17-18H2,(H,27,30)(H,28,31). The van der Waals surface area contributed by atoms with Crippen LogP contribution in [0.5, 0.6) is 11.5 Å². The van der Waals surface area contributed by atoms with Crippen molar-refractivity contribution in [2.45, 2.75) is 31.1 Å². The van der Waals surface area contributed by atoms with Crippen LogP contribution in [0.25, 0.3) is 0 Å². The molecule has 0 unspecified atom stereocenters. The van der Waals surface area contributed by atoms with Gasteiger partial charge in [-0.1, -0.05) is 24.3 Å². The smallest absolute Gasteiger partial charge is 0.321 e. The molecule has 34 heavy (non-hydrogen) atoms. The summed E-state index contributed by atoms with van der Waals surface area (Å²) in [5.74, 6) is 1.50. The number of amides is 3. The molecule has 3 heterocycles. The van der Waals surface area contributed by atoms with Gasteiger partial charge in [0.2, 0.25) is 12.7 Å². The number of piperidine rings is 1. The molecule has 2 fully saturated rings. The summed E-state index contributed by atoms with van der Waals surface area (Å²) in [4.78, 5) is 27.4. The average molecular weight is 466 g/mol. The van der Waals surface area contributed by atoms with Gasteiger partial charge in [0.25, 0.3) is 0 Å². The molecule has 3 aliphatic heterocycles. The van der Waals surface area contributed by atoms with Crippen molar-refractivity contribution >= 4 is 17.6 Å². The van der Waals surface area contributed by atoms with Crippen LogP contribution in [0.3, 0.4) is 0 Å². The first-order valence-electron chi connectivity index (χ1n) is 12.0. The topological polar surface area (TPSA) is 89.1 Å². The van der Waals surface area contributed by atoms with E-state index in [1.165, 1.54) is 0 Å². The van der Waals surface area contributed by atoms with E-state index in [0.717, 1.165) is 35.6 Å². The second-order valence-electron chi connectivity index (χ2n) is 9.24. The molecule has 2 aromatic rings. The number of fused-ring (bicyclic) bond motifs is 1. The number of ether oxygens (including phenoxy) is 3. The fourth-order valence-corrected chi connectivity index (χ4v) is 5.03. The van der Waals surface area contributed by atoms with E-state index in [1.807, 2.05) is 42.5 Å². The third-order valence-corrected chi connectivity index (χ3v) is 7.21. The fraction of sp³-hybridized carbons (Fsp3) is 0.462. The number of nitrogens with one attached hydrogen (secondary N) is 2. The second kappa shape index (κ2) is 9.93. The molecule has 0 saturated carbocycles. The van der Waals surface area contributed by atoms with Crippen LogP contribution in [0.15, 0.2) is 48.5 Å². The number of para-hydroxylation sites is 1. The van der Waals surface area contributed by atoms with Crippen LogP contribution in [0, 0.1) is 5.92 Å². The number of hydrogen-bond acceptors (Lipinski definition) is 5. The largest absolute Gasteiger partial charge is 0.454 e. The van der Waals surface area contributed by atoms with Gasteiger partial charge in [0.15, 0.2) is 11.5 Å². The molecule has 0 bridgehead atoms. The minimum atomic E-state index is -0.189. The van der Waals surface area contributed by atoms with Crippen molar-refractivity contribution in [1.82, 2.24) is 10.2 Å². The van der Waals surface area contributed by atoms with E-state index in [1.54, 1.807) is 4.90 Å². The van der Waals surface area contributed by atoms with Crippen LogP contribution >= 0.6 is 0 Å². The van der Waals surface area contributed by atoms with Crippen LogP contribution < -0.4 is 20.1 Å². The summed E-state index contributed by atoms with van der Waals surface area (Å²) in [6.07, 6.45) is 3.00. The summed E-state index contributed by atoms with van der Waals surface area (Å²) in [5.41, 5.74) is 1.73. The monoisotopic (exact) mass is 465 g/mol. The lowest BCUT2D eigenvalue weighted by Gasteiger charge is -2.39. The van der Waals surface area contributed by atoms with Crippen molar-refractivity contribution in [2.24, 2.45) is 5.92 Å². The lowest BCUT2D eigenvalue weighted by molar-refractivity contribution is -0.126. The van der Waals surface area contributed by atoms with Gasteiger partial charge in [-0.2, -0.15) is 0 Å². The van der Waals surface area contributed by atoms with Gasteiger partial charge in [0.05, 0.1) is 0 Å². The van der Waals surface area contributed by atoms with Gasteiger partial charge in [-0.25, -0.2) is 4.79 Å². The molecular weight excluding hydrogens is 434 g/mol. The van der Waals surface area contributed by atoms with Gasteiger partial charge in [0, 0.05) is 49.9 Å². The number of hydrogen-bond donors (Lipinski definition) is 2. The number of rotatable bonds is 5. The minimum Gasteiger partial charge on any atom is -0.454 e. The van der Waals surface area contributed by atoms with Gasteiger partial charge < -0.3 is 29.7 Å². The van der Waals surface area contributed by atoms with Crippen LogP contribution in [-0.2, 0) is 14.9 Å². The van der Waals surface area contributed by atoms with Crippen molar-refractivity contribution in [1.29, 1.82) is 0 Å². The maximum absolute atomic E-state index is 13.1. The van der Waals surface area contributed by atoms with E-state index >= 15 is 0 Å². The molecule has 2 N–H and O–H groups in total. The van der Waals surface area contributed by atoms with Crippen LogP contribution in [-0.4, -0.2) is 56.5 Å². The maximum Gasteiger partial charge on any atom is 0.321 e. The number of nitrogens with zero attached hydrogens (tertiary/aromatic N) is 1. The van der Waals surface area contributed by atoms with Crippen LogP contribution in [0.1, 0.15) is 31.2 Å². The molecule has 180 valence electrons. The molecule has 0 atom stereocenters. The first-order chi connectivity index (χ1) is 16.6. The van der Waals surface area contributed by atoms with E-state index < -0.39 is 0 Å². The normalized spacial score (nSPS) is 19.5. The summed E-state index contributed by atoms with van der Waals surface area (Å²) < 4.78 is 16.7. The highest BCUT2D eigenvalue weighted by molar-refractivity contribution is 5.89. The third kappa shape index (κ3) is 4.82. The third-order valence-electron chi connectivity index (χ3n) is 7.21. The first kappa shape index (κ1) is 22.5. The number of carbonyl (C=O) groups excluding carboxylic acids is 2. The van der Waals surface area contributed by atoms with E-state index in [2.05, 4.69) is 16.7 Å². The first-order valence-corrected chi connectivity index (χ1v) is 12.0. The number of likely N-dealkylation sites (tertiary alicyclic amines) is 1. The minimum absolute atomic E-state index is 0.0646. The molecule has 0 spiro atoms. The number of anilines is 1. The Hall–Kier alpha value is -3.26. The number of carbonyl (C=O) groups is 2. The molecule has 0 aromatic heterocycles.